The normalized spacial score (nSPS) is 15.7. The number of carbonyl (C=O) groups is 3. The third kappa shape index (κ3) is 4.80. The SMILES string of the molecule is Cc1c(C(=O)Nc2ccc(F)c(F)c2)c2n(c1C(=O)C(=O)NC1(c3cn(C[Si](C)(C)C)nn3)CC1)CCC2. The Bertz CT molecular complexity index is 1470. The summed E-state index contributed by atoms with van der Waals surface area (Å²) in [4.78, 5) is 39.8. The van der Waals surface area contributed by atoms with Crippen LogP contribution in [0, 0.1) is 18.6 Å². The Morgan fingerprint density at radius 2 is 1.87 bits per heavy atom. The molecule has 1 aromatic carbocycles. The number of amides is 2. The van der Waals surface area contributed by atoms with Crippen molar-refractivity contribution in [3.8, 4) is 0 Å². The van der Waals surface area contributed by atoms with Gasteiger partial charge in [-0.3, -0.25) is 19.1 Å². The van der Waals surface area contributed by atoms with Gasteiger partial charge < -0.3 is 15.2 Å². The van der Waals surface area contributed by atoms with Crippen molar-refractivity contribution in [1.29, 1.82) is 0 Å². The first-order valence-corrected chi connectivity index (χ1v) is 16.3. The summed E-state index contributed by atoms with van der Waals surface area (Å²) in [6.07, 6.45) is 5.23. The van der Waals surface area contributed by atoms with Crippen LogP contribution in [0.5, 0.6) is 0 Å². The van der Waals surface area contributed by atoms with Gasteiger partial charge in [-0.05, 0) is 50.3 Å². The van der Waals surface area contributed by atoms with E-state index in [9.17, 15) is 23.2 Å². The lowest BCUT2D eigenvalue weighted by atomic mass is 10.0. The molecule has 3 heterocycles. The summed E-state index contributed by atoms with van der Waals surface area (Å²) >= 11 is 0. The van der Waals surface area contributed by atoms with Crippen LogP contribution in [-0.2, 0) is 29.5 Å². The predicted octanol–water partition coefficient (Wildman–Crippen LogP) is 3.73. The van der Waals surface area contributed by atoms with Gasteiger partial charge in [0, 0.05) is 30.2 Å². The molecule has 5 rings (SSSR count). The second-order valence-electron chi connectivity index (χ2n) is 11.4. The van der Waals surface area contributed by atoms with E-state index in [1.807, 2.05) is 6.20 Å². The number of halogens is 2. The molecule has 2 aromatic heterocycles. The minimum atomic E-state index is -1.42. The van der Waals surface area contributed by atoms with Gasteiger partial charge in [0.1, 0.15) is 5.69 Å². The summed E-state index contributed by atoms with van der Waals surface area (Å²) in [6, 6.07) is 3.09. The van der Waals surface area contributed by atoms with Crippen molar-refractivity contribution < 1.29 is 23.2 Å². The molecule has 0 atom stereocenters. The zero-order valence-electron chi connectivity index (χ0n) is 21.8. The quantitative estimate of drug-likeness (QED) is 0.257. The molecule has 2 aliphatic rings. The molecular formula is C26H30F2N6O3Si. The smallest absolute Gasteiger partial charge is 0.294 e. The predicted molar refractivity (Wildman–Crippen MR) is 139 cm³/mol. The standard InChI is InChI=1S/C26H30F2N6O3Si/c1-15-21(24(36)29-16-7-8-17(27)18(28)12-16)19-6-5-11-34(19)22(15)23(35)25(37)30-26(9-10-26)20-13-33(32-31-20)14-38(2,3)4/h7-8,12-13H,5-6,9-11,14H2,1-4H3,(H,29,36)(H,30,37). The van der Waals surface area contributed by atoms with E-state index < -0.39 is 42.8 Å². The van der Waals surface area contributed by atoms with E-state index >= 15 is 0 Å². The second-order valence-corrected chi connectivity index (χ2v) is 16.8. The molecule has 12 heteroatoms. The van der Waals surface area contributed by atoms with Crippen molar-refractivity contribution in [2.24, 2.45) is 0 Å². The Balaban J connectivity index is 1.37. The fraction of sp³-hybridized carbons (Fsp3) is 0.423. The number of nitrogens with zero attached hydrogens (tertiary/aromatic N) is 4. The summed E-state index contributed by atoms with van der Waals surface area (Å²) in [5, 5.41) is 14.0. The molecule has 2 amide bonds. The maximum Gasteiger partial charge on any atom is 0.294 e. The zero-order chi connectivity index (χ0) is 27.4. The highest BCUT2D eigenvalue weighted by atomic mass is 28.3. The lowest BCUT2D eigenvalue weighted by Gasteiger charge is -2.16. The van der Waals surface area contributed by atoms with Gasteiger partial charge in [0.25, 0.3) is 17.6 Å². The fourth-order valence-electron chi connectivity index (χ4n) is 5.11. The molecule has 38 heavy (non-hydrogen) atoms. The van der Waals surface area contributed by atoms with Crippen LogP contribution < -0.4 is 10.6 Å². The van der Waals surface area contributed by atoms with Gasteiger partial charge in [0.2, 0.25) is 0 Å². The Hall–Kier alpha value is -3.67. The molecule has 200 valence electrons. The van der Waals surface area contributed by atoms with E-state index in [1.165, 1.54) is 6.07 Å². The van der Waals surface area contributed by atoms with Crippen molar-refractivity contribution in [1.82, 2.24) is 24.9 Å². The van der Waals surface area contributed by atoms with Gasteiger partial charge in [0.15, 0.2) is 11.6 Å². The maximum atomic E-state index is 13.6. The minimum Gasteiger partial charge on any atom is -0.341 e. The molecule has 1 aliphatic heterocycles. The van der Waals surface area contributed by atoms with Crippen molar-refractivity contribution in [3.63, 3.8) is 0 Å². The number of anilines is 1. The number of Topliss-reactive ketones (excluding diaryl/α,β-unsaturated/α-hetero) is 1. The molecule has 0 radical (unpaired) electrons. The van der Waals surface area contributed by atoms with Crippen LogP contribution in [0.1, 0.15) is 57.1 Å². The first-order valence-electron chi connectivity index (χ1n) is 12.6. The Kier molecular flexibility index (Phi) is 6.32. The number of rotatable bonds is 8. The third-order valence-electron chi connectivity index (χ3n) is 7.00. The number of ketones is 1. The molecule has 3 aromatic rings. The van der Waals surface area contributed by atoms with Gasteiger partial charge in [-0.25, -0.2) is 8.78 Å². The third-order valence-corrected chi connectivity index (χ3v) is 8.28. The van der Waals surface area contributed by atoms with Crippen LogP contribution in [0.15, 0.2) is 24.4 Å². The Morgan fingerprint density at radius 3 is 2.53 bits per heavy atom. The topological polar surface area (TPSA) is 111 Å². The molecule has 0 saturated heterocycles. The zero-order valence-corrected chi connectivity index (χ0v) is 22.8. The number of fused-ring (bicyclic) bond motifs is 1. The molecular weight excluding hydrogens is 510 g/mol. The maximum absolute atomic E-state index is 13.6. The van der Waals surface area contributed by atoms with Crippen LogP contribution >= 0.6 is 0 Å². The van der Waals surface area contributed by atoms with Gasteiger partial charge in [-0.2, -0.15) is 0 Å². The van der Waals surface area contributed by atoms with E-state index in [0.29, 0.717) is 49.2 Å². The first kappa shape index (κ1) is 26.0. The van der Waals surface area contributed by atoms with Gasteiger partial charge in [-0.15, -0.1) is 5.10 Å². The number of benzene rings is 1. The average molecular weight is 541 g/mol. The first-order chi connectivity index (χ1) is 17.9. The number of nitrogens with one attached hydrogen (secondary N) is 2. The summed E-state index contributed by atoms with van der Waals surface area (Å²) in [6.45, 7) is 8.81. The van der Waals surface area contributed by atoms with Crippen molar-refractivity contribution in [3.05, 3.63) is 64.2 Å². The highest BCUT2D eigenvalue weighted by molar-refractivity contribution is 6.74. The number of aromatic nitrogens is 4. The van der Waals surface area contributed by atoms with E-state index in [1.54, 1.807) is 16.2 Å². The van der Waals surface area contributed by atoms with Gasteiger partial charge >= 0.3 is 0 Å². The van der Waals surface area contributed by atoms with Crippen LogP contribution in [0.3, 0.4) is 0 Å². The monoisotopic (exact) mass is 540 g/mol. The summed E-state index contributed by atoms with van der Waals surface area (Å²) in [7, 11) is -1.42. The molecule has 2 N–H and O–H groups in total. The summed E-state index contributed by atoms with van der Waals surface area (Å²) in [5.41, 5.74) is 1.49. The largest absolute Gasteiger partial charge is 0.341 e. The summed E-state index contributed by atoms with van der Waals surface area (Å²) < 4.78 is 30.5. The van der Waals surface area contributed by atoms with E-state index in [2.05, 4.69) is 40.6 Å². The second kappa shape index (κ2) is 9.26. The lowest BCUT2D eigenvalue weighted by Crippen LogP contribution is -2.40. The number of hydrogen-bond donors (Lipinski definition) is 2. The van der Waals surface area contributed by atoms with Gasteiger partial charge in [-0.1, -0.05) is 24.9 Å². The Morgan fingerprint density at radius 1 is 1.13 bits per heavy atom. The van der Waals surface area contributed by atoms with E-state index in [-0.39, 0.29) is 16.9 Å². The Labute approximate surface area is 219 Å². The minimum absolute atomic E-state index is 0.0923. The molecule has 9 nitrogen and oxygen atoms in total. The van der Waals surface area contributed by atoms with Crippen molar-refractivity contribution in [2.45, 2.75) is 70.5 Å². The number of carbonyl (C=O) groups excluding carboxylic acids is 3. The van der Waals surface area contributed by atoms with Crippen LogP contribution in [0.2, 0.25) is 19.6 Å². The molecule has 0 spiro atoms. The van der Waals surface area contributed by atoms with Crippen molar-refractivity contribution >= 4 is 31.4 Å². The van der Waals surface area contributed by atoms with Crippen LogP contribution in [0.25, 0.3) is 0 Å². The van der Waals surface area contributed by atoms with Crippen LogP contribution in [-0.4, -0.2) is 45.2 Å². The molecule has 0 unspecified atom stereocenters. The molecule has 0 bridgehead atoms. The highest BCUT2D eigenvalue weighted by Crippen LogP contribution is 2.44. The fourth-order valence-corrected chi connectivity index (χ4v) is 6.24. The van der Waals surface area contributed by atoms with Gasteiger partial charge in [0.05, 0.1) is 31.1 Å². The van der Waals surface area contributed by atoms with Crippen molar-refractivity contribution in [2.75, 3.05) is 5.32 Å². The van der Waals surface area contributed by atoms with E-state index in [4.69, 9.17) is 0 Å². The molecule has 1 aliphatic carbocycles. The van der Waals surface area contributed by atoms with Crippen LogP contribution in [0.4, 0.5) is 14.5 Å². The summed E-state index contributed by atoms with van der Waals surface area (Å²) in [5.74, 6) is -4.13. The highest BCUT2D eigenvalue weighted by Gasteiger charge is 2.49. The molecule has 1 fully saturated rings. The number of hydrogen-bond acceptors (Lipinski definition) is 5. The average Bonchev–Trinajstić information content (AvgIpc) is 3.14. The molecule has 1 saturated carbocycles. The lowest BCUT2D eigenvalue weighted by molar-refractivity contribution is -0.118. The van der Waals surface area contributed by atoms with E-state index in [0.717, 1.165) is 18.3 Å².